The second-order valence-electron chi connectivity index (χ2n) is 9.56. The third-order valence-corrected chi connectivity index (χ3v) is 6.92. The number of hydrogen-bond acceptors (Lipinski definition) is 7. The summed E-state index contributed by atoms with van der Waals surface area (Å²) in [6, 6.07) is 12.8. The molecular formula is C31H37ClN4O5. The van der Waals surface area contributed by atoms with E-state index in [1.165, 1.54) is 14.2 Å². The van der Waals surface area contributed by atoms with Crippen LogP contribution in [0.15, 0.2) is 57.5 Å². The van der Waals surface area contributed by atoms with E-state index in [0.717, 1.165) is 18.4 Å². The Kier molecular flexibility index (Phi) is 11.5. The molecule has 0 aliphatic rings. The fourth-order valence-corrected chi connectivity index (χ4v) is 4.69. The Morgan fingerprint density at radius 3 is 2.32 bits per heavy atom. The number of pyridine rings is 1. The van der Waals surface area contributed by atoms with Crippen LogP contribution in [0.3, 0.4) is 0 Å². The van der Waals surface area contributed by atoms with Crippen LogP contribution in [0.25, 0.3) is 11.1 Å². The number of hydrogen-bond donors (Lipinski definition) is 3. The fourth-order valence-electron chi connectivity index (χ4n) is 4.46. The maximum absolute atomic E-state index is 13.2. The number of rotatable bonds is 13. The molecule has 0 spiro atoms. The van der Waals surface area contributed by atoms with E-state index in [1.54, 1.807) is 32.0 Å². The summed E-state index contributed by atoms with van der Waals surface area (Å²) in [5.41, 5.74) is 2.60. The highest BCUT2D eigenvalue weighted by molar-refractivity contribution is 6.31. The van der Waals surface area contributed by atoms with E-state index >= 15 is 0 Å². The molecular weight excluding hydrogens is 544 g/mol. The van der Waals surface area contributed by atoms with Crippen LogP contribution in [-0.4, -0.2) is 48.2 Å². The lowest BCUT2D eigenvalue weighted by Crippen LogP contribution is -2.27. The highest BCUT2D eigenvalue weighted by atomic mass is 35.5. The minimum atomic E-state index is -0.488. The lowest BCUT2D eigenvalue weighted by Gasteiger charge is -2.19. The van der Waals surface area contributed by atoms with Gasteiger partial charge in [-0.15, -0.1) is 0 Å². The standard InChI is InChI=1S/C31H37ClN4O5/c1-6-7-13-23-28(29-24(40-4)14-10-15-25(29)41-5)30(38)27(31(39)34-23)20(3)36-35-19(2)18-26(37)33-17-16-21-11-8-9-12-22(21)32/h8-12,14-15H,6-7,13,16-18H2,1-5H3,(H,33,37)(H2,34,38,39)/b35-19+,36-20+. The third kappa shape index (κ3) is 7.98. The molecule has 218 valence electrons. The Hall–Kier alpha value is -4.11. The van der Waals surface area contributed by atoms with E-state index in [2.05, 4.69) is 20.5 Å². The van der Waals surface area contributed by atoms with Gasteiger partial charge in [-0.3, -0.25) is 9.59 Å². The van der Waals surface area contributed by atoms with Crippen LogP contribution in [-0.2, 0) is 17.6 Å². The summed E-state index contributed by atoms with van der Waals surface area (Å²) in [6.45, 7) is 5.74. The van der Waals surface area contributed by atoms with Crippen molar-refractivity contribution in [1.29, 1.82) is 0 Å². The molecule has 1 aromatic heterocycles. The molecule has 10 heteroatoms. The van der Waals surface area contributed by atoms with Crippen LogP contribution in [0.5, 0.6) is 17.2 Å². The lowest BCUT2D eigenvalue weighted by molar-refractivity contribution is -0.119. The minimum absolute atomic E-state index is 0.0195. The van der Waals surface area contributed by atoms with Crippen LogP contribution in [0.4, 0.5) is 0 Å². The van der Waals surface area contributed by atoms with Gasteiger partial charge in [0.05, 0.1) is 37.5 Å². The number of benzene rings is 2. The first-order chi connectivity index (χ1) is 19.7. The van der Waals surface area contributed by atoms with Gasteiger partial charge in [0.1, 0.15) is 22.8 Å². The topological polar surface area (TPSA) is 125 Å². The molecule has 3 aromatic rings. The fraction of sp³-hybridized carbons (Fsp3) is 0.355. The summed E-state index contributed by atoms with van der Waals surface area (Å²) in [5, 5.41) is 23.4. The Morgan fingerprint density at radius 1 is 1.00 bits per heavy atom. The number of halogens is 1. The molecule has 0 unspecified atom stereocenters. The van der Waals surface area contributed by atoms with Crippen molar-refractivity contribution in [1.82, 2.24) is 10.3 Å². The minimum Gasteiger partial charge on any atom is -0.506 e. The molecule has 0 saturated heterocycles. The number of ether oxygens (including phenoxy) is 2. The molecule has 3 N–H and O–H groups in total. The zero-order chi connectivity index (χ0) is 29.9. The molecule has 0 fully saturated rings. The summed E-state index contributed by atoms with van der Waals surface area (Å²) in [4.78, 5) is 28.5. The number of nitrogens with one attached hydrogen (secondary N) is 2. The van der Waals surface area contributed by atoms with E-state index in [9.17, 15) is 14.7 Å². The average molecular weight is 581 g/mol. The Labute approximate surface area is 245 Å². The van der Waals surface area contributed by atoms with Crippen molar-refractivity contribution in [2.75, 3.05) is 20.8 Å². The molecule has 0 aliphatic carbocycles. The summed E-state index contributed by atoms with van der Waals surface area (Å²) in [6.07, 6.45) is 2.87. The monoisotopic (exact) mass is 580 g/mol. The van der Waals surface area contributed by atoms with Crippen molar-refractivity contribution >= 4 is 28.9 Å². The van der Waals surface area contributed by atoms with E-state index in [0.29, 0.717) is 58.4 Å². The average Bonchev–Trinajstić information content (AvgIpc) is 2.95. The first-order valence-electron chi connectivity index (χ1n) is 13.5. The van der Waals surface area contributed by atoms with Gasteiger partial charge in [-0.1, -0.05) is 49.2 Å². The van der Waals surface area contributed by atoms with Crippen LogP contribution in [0.2, 0.25) is 5.02 Å². The largest absolute Gasteiger partial charge is 0.506 e. The number of aromatic nitrogens is 1. The summed E-state index contributed by atoms with van der Waals surface area (Å²) in [7, 11) is 3.07. The highest BCUT2D eigenvalue weighted by Crippen LogP contribution is 2.44. The number of H-pyrrole nitrogens is 1. The van der Waals surface area contributed by atoms with Crippen LogP contribution < -0.4 is 20.3 Å². The number of methoxy groups -OCH3 is 2. The predicted molar refractivity (Wildman–Crippen MR) is 164 cm³/mol. The van der Waals surface area contributed by atoms with Gasteiger partial charge < -0.3 is 24.9 Å². The molecule has 0 saturated carbocycles. The molecule has 2 aromatic carbocycles. The van der Waals surface area contributed by atoms with E-state index in [1.807, 2.05) is 31.2 Å². The first-order valence-corrected chi connectivity index (χ1v) is 13.9. The van der Waals surface area contributed by atoms with Gasteiger partial charge in [0.2, 0.25) is 5.91 Å². The van der Waals surface area contributed by atoms with Crippen molar-refractivity contribution in [2.24, 2.45) is 10.2 Å². The van der Waals surface area contributed by atoms with Crippen LogP contribution in [0, 0.1) is 0 Å². The SMILES string of the molecule is CCCCc1[nH]c(=O)c(/C(C)=N/N=C(\C)CC(=O)NCCc2ccccc2Cl)c(O)c1-c1c(OC)cccc1OC. The molecule has 0 aliphatic heterocycles. The summed E-state index contributed by atoms with van der Waals surface area (Å²) in [5.74, 6) is 0.519. The van der Waals surface area contributed by atoms with Gasteiger partial charge in [-0.25, -0.2) is 0 Å². The summed E-state index contributed by atoms with van der Waals surface area (Å²) >= 11 is 6.17. The van der Waals surface area contributed by atoms with Crippen molar-refractivity contribution < 1.29 is 19.4 Å². The predicted octanol–water partition coefficient (Wildman–Crippen LogP) is 5.69. The highest BCUT2D eigenvalue weighted by Gasteiger charge is 2.25. The maximum atomic E-state index is 13.2. The molecule has 41 heavy (non-hydrogen) atoms. The molecule has 0 radical (unpaired) electrons. The van der Waals surface area contributed by atoms with Crippen LogP contribution in [0.1, 0.15) is 56.9 Å². The molecule has 1 heterocycles. The number of aromatic hydroxyl groups is 1. The van der Waals surface area contributed by atoms with Gasteiger partial charge in [0.25, 0.3) is 5.56 Å². The smallest absolute Gasteiger partial charge is 0.261 e. The second kappa shape index (κ2) is 15.0. The maximum Gasteiger partial charge on any atom is 0.261 e. The molecule has 0 atom stereocenters. The van der Waals surface area contributed by atoms with Gasteiger partial charge in [-0.05, 0) is 56.9 Å². The van der Waals surface area contributed by atoms with Gasteiger partial charge in [0, 0.05) is 23.0 Å². The quantitative estimate of drug-likeness (QED) is 0.177. The number of nitrogens with zero attached hydrogens (tertiary/aromatic N) is 2. The third-order valence-electron chi connectivity index (χ3n) is 6.55. The number of unbranched alkanes of at least 4 members (excludes halogenated alkanes) is 1. The number of carbonyl (C=O) groups excluding carboxylic acids is 1. The van der Waals surface area contributed by atoms with E-state index in [4.69, 9.17) is 21.1 Å². The lowest BCUT2D eigenvalue weighted by atomic mass is 9.95. The zero-order valence-corrected chi connectivity index (χ0v) is 24.9. The van der Waals surface area contributed by atoms with Gasteiger partial charge >= 0.3 is 0 Å². The number of aromatic amines is 1. The van der Waals surface area contributed by atoms with Crippen molar-refractivity contribution in [3.8, 4) is 28.4 Å². The van der Waals surface area contributed by atoms with Crippen molar-refractivity contribution in [3.63, 3.8) is 0 Å². The van der Waals surface area contributed by atoms with Gasteiger partial charge in [-0.2, -0.15) is 10.2 Å². The van der Waals surface area contributed by atoms with Crippen LogP contribution >= 0.6 is 11.6 Å². The Bertz CT molecular complexity index is 1470. The van der Waals surface area contributed by atoms with E-state index in [-0.39, 0.29) is 29.4 Å². The number of carbonyl (C=O) groups is 1. The van der Waals surface area contributed by atoms with Crippen molar-refractivity contribution in [3.05, 3.63) is 74.7 Å². The Morgan fingerprint density at radius 2 is 1.68 bits per heavy atom. The number of aryl methyl sites for hydroxylation is 1. The van der Waals surface area contributed by atoms with E-state index < -0.39 is 5.56 Å². The second-order valence-corrected chi connectivity index (χ2v) is 9.97. The van der Waals surface area contributed by atoms with Crippen molar-refractivity contribution in [2.45, 2.75) is 52.9 Å². The zero-order valence-electron chi connectivity index (χ0n) is 24.1. The molecule has 3 rings (SSSR count). The first kappa shape index (κ1) is 31.4. The summed E-state index contributed by atoms with van der Waals surface area (Å²) < 4.78 is 11.2. The Balaban J connectivity index is 1.88. The molecule has 9 nitrogen and oxygen atoms in total. The number of amides is 1. The molecule has 0 bridgehead atoms. The molecule has 1 amide bonds. The normalized spacial score (nSPS) is 11.9. The van der Waals surface area contributed by atoms with Gasteiger partial charge in [0.15, 0.2) is 0 Å².